The summed E-state index contributed by atoms with van der Waals surface area (Å²) < 4.78 is 65.1. The Hall–Kier alpha value is -3.52. The number of urea groups is 1. The lowest BCUT2D eigenvalue weighted by atomic mass is 10.1. The van der Waals surface area contributed by atoms with Crippen LogP contribution in [0.4, 0.5) is 23.7 Å². The molecule has 164 valence electrons. The number of halogens is 3. The van der Waals surface area contributed by atoms with Crippen molar-refractivity contribution in [3.63, 3.8) is 0 Å². The molecule has 0 saturated carbocycles. The Morgan fingerprint density at radius 1 is 0.906 bits per heavy atom. The molecule has 4 rings (SSSR count). The number of nitrogens with zero attached hydrogens (tertiary/aromatic N) is 3. The molecule has 0 aromatic heterocycles. The van der Waals surface area contributed by atoms with Crippen LogP contribution in [0.25, 0.3) is 0 Å². The van der Waals surface area contributed by atoms with Crippen molar-refractivity contribution in [1.29, 1.82) is 5.26 Å². The maximum Gasteiger partial charge on any atom is 0.343 e. The summed E-state index contributed by atoms with van der Waals surface area (Å²) in [5, 5.41) is 8.89. The van der Waals surface area contributed by atoms with Gasteiger partial charge in [-0.1, -0.05) is 35.0 Å². The highest BCUT2D eigenvalue weighted by molar-refractivity contribution is 8.22. The van der Waals surface area contributed by atoms with Crippen LogP contribution in [0.3, 0.4) is 0 Å². The summed E-state index contributed by atoms with van der Waals surface area (Å²) in [7, 11) is -3.84. The van der Waals surface area contributed by atoms with E-state index in [1.807, 2.05) is 0 Å². The molecule has 0 bridgehead atoms. The van der Waals surface area contributed by atoms with Gasteiger partial charge in [0.1, 0.15) is 28.4 Å². The third kappa shape index (κ3) is 3.67. The van der Waals surface area contributed by atoms with Crippen molar-refractivity contribution >= 4 is 22.5 Å². The van der Waals surface area contributed by atoms with Crippen molar-refractivity contribution in [2.24, 2.45) is 0 Å². The summed E-state index contributed by atoms with van der Waals surface area (Å²) in [6.45, 7) is -0.906. The summed E-state index contributed by atoms with van der Waals surface area (Å²) in [5.74, 6) is -2.53. The maximum atomic E-state index is 14.3. The van der Waals surface area contributed by atoms with Gasteiger partial charge in [-0.15, -0.1) is 0 Å². The second-order valence-corrected chi connectivity index (χ2v) is 8.94. The molecule has 10 heteroatoms. The van der Waals surface area contributed by atoms with Crippen molar-refractivity contribution < 1.29 is 27.1 Å². The van der Waals surface area contributed by atoms with E-state index in [4.69, 9.17) is 5.26 Å². The van der Waals surface area contributed by atoms with Gasteiger partial charge < -0.3 is 0 Å². The first kappa shape index (κ1) is 21.7. The zero-order valence-electron chi connectivity index (χ0n) is 16.4. The van der Waals surface area contributed by atoms with Gasteiger partial charge in [0, 0.05) is 5.56 Å². The SMILES string of the molecule is N#Cc1ccc(CN2C(=O)N(Cc3c(F)cccc3F)c3ccccc3S2(O)O)cc1F. The average Bonchev–Trinajstić information content (AvgIpc) is 2.76. The Morgan fingerprint density at radius 3 is 2.25 bits per heavy atom. The molecule has 0 spiro atoms. The van der Waals surface area contributed by atoms with Gasteiger partial charge in [0.2, 0.25) is 0 Å². The van der Waals surface area contributed by atoms with Crippen LogP contribution in [0.5, 0.6) is 0 Å². The van der Waals surface area contributed by atoms with Gasteiger partial charge in [-0.2, -0.15) is 5.26 Å². The number of hydrogen-bond acceptors (Lipinski definition) is 4. The van der Waals surface area contributed by atoms with E-state index in [9.17, 15) is 27.1 Å². The number of nitriles is 1. The highest BCUT2D eigenvalue weighted by Crippen LogP contribution is 2.59. The van der Waals surface area contributed by atoms with Crippen molar-refractivity contribution in [3.05, 3.63) is 94.8 Å². The van der Waals surface area contributed by atoms with E-state index in [2.05, 4.69) is 0 Å². The summed E-state index contributed by atoms with van der Waals surface area (Å²) >= 11 is 0. The summed E-state index contributed by atoms with van der Waals surface area (Å²) in [6, 6.07) is 13.6. The number of hydrogen-bond donors (Lipinski definition) is 2. The van der Waals surface area contributed by atoms with E-state index < -0.39 is 47.3 Å². The van der Waals surface area contributed by atoms with Gasteiger partial charge in [0.05, 0.1) is 24.3 Å². The molecule has 2 N–H and O–H groups in total. The van der Waals surface area contributed by atoms with Gasteiger partial charge in [-0.25, -0.2) is 22.3 Å². The smallest absolute Gasteiger partial charge is 0.286 e. The largest absolute Gasteiger partial charge is 0.343 e. The average molecular weight is 459 g/mol. The highest BCUT2D eigenvalue weighted by Gasteiger charge is 2.42. The molecule has 0 aliphatic carbocycles. The minimum Gasteiger partial charge on any atom is -0.286 e. The van der Waals surface area contributed by atoms with Crippen LogP contribution in [0, 0.1) is 28.8 Å². The number of carbonyl (C=O) groups excluding carboxylic acids is 1. The van der Waals surface area contributed by atoms with Crippen LogP contribution in [0.15, 0.2) is 65.6 Å². The quantitative estimate of drug-likeness (QED) is 0.528. The molecule has 2 amide bonds. The summed E-state index contributed by atoms with van der Waals surface area (Å²) in [4.78, 5) is 14.3. The Morgan fingerprint density at radius 2 is 1.59 bits per heavy atom. The molecule has 3 aromatic rings. The Balaban J connectivity index is 1.78. The molecular formula is C22H16F3N3O3S. The number of carbonyl (C=O) groups is 1. The van der Waals surface area contributed by atoms with Gasteiger partial charge in [0.15, 0.2) is 0 Å². The fourth-order valence-electron chi connectivity index (χ4n) is 3.44. The van der Waals surface area contributed by atoms with E-state index in [1.165, 1.54) is 36.4 Å². The maximum absolute atomic E-state index is 14.3. The number of rotatable bonds is 4. The minimum absolute atomic E-state index is 0.00883. The molecule has 0 radical (unpaired) electrons. The molecule has 32 heavy (non-hydrogen) atoms. The van der Waals surface area contributed by atoms with E-state index >= 15 is 0 Å². The predicted octanol–water partition coefficient (Wildman–Crippen LogP) is 5.64. The number of fused-ring (bicyclic) bond motifs is 1. The van der Waals surface area contributed by atoms with E-state index in [0.717, 1.165) is 27.4 Å². The number of para-hydroxylation sites is 1. The van der Waals surface area contributed by atoms with Crippen molar-refractivity contribution in [2.75, 3.05) is 4.90 Å². The van der Waals surface area contributed by atoms with Gasteiger partial charge in [-0.05, 0) is 42.0 Å². The summed E-state index contributed by atoms with van der Waals surface area (Å²) in [5.41, 5.74) is -0.264. The minimum atomic E-state index is -3.84. The lowest BCUT2D eigenvalue weighted by molar-refractivity contribution is 0.220. The fraction of sp³-hybridized carbons (Fsp3) is 0.0909. The summed E-state index contributed by atoms with van der Waals surface area (Å²) in [6.07, 6.45) is 0. The van der Waals surface area contributed by atoms with E-state index in [-0.39, 0.29) is 27.3 Å². The first-order valence-corrected chi connectivity index (χ1v) is 10.8. The van der Waals surface area contributed by atoms with Gasteiger partial charge in [-0.3, -0.25) is 14.0 Å². The van der Waals surface area contributed by atoms with Crippen LogP contribution in [-0.2, 0) is 13.1 Å². The fourth-order valence-corrected chi connectivity index (χ4v) is 5.05. The monoisotopic (exact) mass is 459 g/mol. The van der Waals surface area contributed by atoms with Crippen LogP contribution >= 0.6 is 10.8 Å². The van der Waals surface area contributed by atoms with E-state index in [0.29, 0.717) is 0 Å². The van der Waals surface area contributed by atoms with Crippen LogP contribution in [-0.4, -0.2) is 19.4 Å². The number of benzene rings is 3. The van der Waals surface area contributed by atoms with Gasteiger partial charge in [0.25, 0.3) is 0 Å². The second-order valence-electron chi connectivity index (χ2n) is 7.02. The van der Waals surface area contributed by atoms with Crippen molar-refractivity contribution in [3.8, 4) is 6.07 Å². The van der Waals surface area contributed by atoms with Crippen LogP contribution in [0.2, 0.25) is 0 Å². The number of anilines is 1. The molecule has 0 saturated heterocycles. The lowest BCUT2D eigenvalue weighted by Gasteiger charge is -2.49. The van der Waals surface area contributed by atoms with Crippen molar-refractivity contribution in [2.45, 2.75) is 18.0 Å². The lowest BCUT2D eigenvalue weighted by Crippen LogP contribution is -2.48. The molecule has 1 heterocycles. The molecule has 0 unspecified atom stereocenters. The Bertz CT molecular complexity index is 1240. The highest BCUT2D eigenvalue weighted by atomic mass is 32.3. The Kier molecular flexibility index (Phi) is 5.56. The zero-order valence-corrected chi connectivity index (χ0v) is 17.2. The second kappa shape index (κ2) is 8.20. The van der Waals surface area contributed by atoms with Gasteiger partial charge >= 0.3 is 6.03 Å². The van der Waals surface area contributed by atoms with Crippen LogP contribution in [0.1, 0.15) is 16.7 Å². The van der Waals surface area contributed by atoms with E-state index in [1.54, 1.807) is 12.1 Å². The first-order chi connectivity index (χ1) is 15.2. The van der Waals surface area contributed by atoms with Crippen LogP contribution < -0.4 is 4.90 Å². The molecule has 6 nitrogen and oxygen atoms in total. The molecule has 0 atom stereocenters. The topological polar surface area (TPSA) is 87.8 Å². The third-order valence-electron chi connectivity index (χ3n) is 5.06. The Labute approximate surface area is 183 Å². The molecular weight excluding hydrogens is 443 g/mol. The standard InChI is InChI=1S/C22H16F3N3O3S/c23-17-4-3-5-18(24)16(17)13-27-20-6-1-2-7-21(20)32(30,31)28(22(27)29)12-14-8-9-15(11-26)19(25)10-14/h1-10,30-31H,12-13H2. The molecule has 3 aromatic carbocycles. The zero-order chi connectivity index (χ0) is 23.0. The molecule has 0 fully saturated rings. The van der Waals surface area contributed by atoms with Crippen molar-refractivity contribution in [1.82, 2.24) is 4.31 Å². The molecule has 1 aliphatic rings. The predicted molar refractivity (Wildman–Crippen MR) is 112 cm³/mol. The molecule has 1 aliphatic heterocycles. The normalized spacial score (nSPS) is 15.8. The third-order valence-corrected chi connectivity index (χ3v) is 6.90. The number of amides is 2. The first-order valence-electron chi connectivity index (χ1n) is 9.32.